The number of aliphatic hydroxyl groups excluding tert-OH is 1. The Kier molecular flexibility index (Phi) is 6.30. The molecule has 0 spiro atoms. The molecule has 2 saturated carbocycles. The number of fused-ring (bicyclic) bond motifs is 5. The zero-order chi connectivity index (χ0) is 24.3. The maximum Gasteiger partial charge on any atom is 0.330 e. The molecule has 4 aliphatic carbocycles. The number of carboxylic acids is 1. The number of allylic oxidation sites excluding steroid dienone is 5. The molecule has 2 fully saturated rings. The van der Waals surface area contributed by atoms with Gasteiger partial charge in [0.15, 0.2) is 0 Å². The summed E-state index contributed by atoms with van der Waals surface area (Å²) in [5.41, 5.74) is 6.00. The van der Waals surface area contributed by atoms with Crippen LogP contribution in [-0.2, 0) is 4.79 Å². The van der Waals surface area contributed by atoms with Gasteiger partial charge in [0, 0.05) is 11.0 Å². The quantitative estimate of drug-likeness (QED) is 0.338. The van der Waals surface area contributed by atoms with E-state index in [-0.39, 0.29) is 22.3 Å². The van der Waals surface area contributed by atoms with Crippen LogP contribution in [-0.4, -0.2) is 22.3 Å². The fourth-order valence-corrected chi connectivity index (χ4v) is 8.78. The van der Waals surface area contributed by atoms with Crippen LogP contribution in [0, 0.1) is 39.9 Å². The number of carbonyl (C=O) groups is 1. The molecule has 0 radical (unpaired) electrons. The lowest BCUT2D eigenvalue weighted by Gasteiger charge is -2.62. The van der Waals surface area contributed by atoms with Crippen molar-refractivity contribution in [2.45, 2.75) is 106 Å². The van der Waals surface area contributed by atoms with Crippen LogP contribution < -0.4 is 0 Å². The third-order valence-corrected chi connectivity index (χ3v) is 10.8. The molecule has 3 heteroatoms. The third-order valence-electron chi connectivity index (χ3n) is 10.8. The fraction of sp³-hybridized carbons (Fsp3) is 0.767. The molecule has 0 aromatic rings. The highest BCUT2D eigenvalue weighted by atomic mass is 16.4. The van der Waals surface area contributed by atoms with Gasteiger partial charge >= 0.3 is 5.97 Å². The van der Waals surface area contributed by atoms with E-state index < -0.39 is 5.97 Å². The summed E-state index contributed by atoms with van der Waals surface area (Å²) in [7, 11) is 0. The van der Waals surface area contributed by atoms with E-state index in [0.717, 1.165) is 32.1 Å². The van der Waals surface area contributed by atoms with E-state index in [1.165, 1.54) is 19.3 Å². The Balaban J connectivity index is 1.64. The standard InChI is InChI=1S/C30H46O3/c1-18(9-8-10-19(2)27(32)33)21-13-15-30(7)22-11-12-24-28(4,5)25(31)14-16-29(24,6)23(22)17-20(3)26(21)30/h10-11,18,20,23-25,31H,8-9,12-17H2,1-7H3,(H,32,33)/b19-10+. The van der Waals surface area contributed by atoms with E-state index >= 15 is 0 Å². The normalized spacial score (nSPS) is 41.1. The monoisotopic (exact) mass is 454 g/mol. The summed E-state index contributed by atoms with van der Waals surface area (Å²) in [6.07, 6.45) is 13.0. The van der Waals surface area contributed by atoms with Gasteiger partial charge in [-0.15, -0.1) is 0 Å². The summed E-state index contributed by atoms with van der Waals surface area (Å²) in [6.45, 7) is 16.2. The molecule has 0 aromatic carbocycles. The van der Waals surface area contributed by atoms with E-state index in [4.69, 9.17) is 5.11 Å². The third kappa shape index (κ3) is 3.77. The Labute approximate surface area is 201 Å². The van der Waals surface area contributed by atoms with Gasteiger partial charge in [-0.05, 0) is 92.8 Å². The van der Waals surface area contributed by atoms with Crippen LogP contribution in [0.3, 0.4) is 0 Å². The lowest BCUT2D eigenvalue weighted by molar-refractivity contribution is -0.132. The largest absolute Gasteiger partial charge is 0.478 e. The van der Waals surface area contributed by atoms with Crippen molar-refractivity contribution in [2.75, 3.05) is 0 Å². The molecular formula is C30H46O3. The summed E-state index contributed by atoms with van der Waals surface area (Å²) < 4.78 is 0. The molecule has 0 heterocycles. The Bertz CT molecular complexity index is 906. The van der Waals surface area contributed by atoms with Crippen LogP contribution >= 0.6 is 0 Å². The second-order valence-electron chi connectivity index (χ2n) is 13.0. The zero-order valence-corrected chi connectivity index (χ0v) is 22.0. The molecule has 7 unspecified atom stereocenters. The number of carboxylic acid groups (broad SMARTS) is 1. The molecule has 3 nitrogen and oxygen atoms in total. The van der Waals surface area contributed by atoms with Gasteiger partial charge in [0.25, 0.3) is 0 Å². The number of hydrogen-bond donors (Lipinski definition) is 2. The smallest absolute Gasteiger partial charge is 0.330 e. The molecule has 0 bridgehead atoms. The van der Waals surface area contributed by atoms with Gasteiger partial charge in [0.05, 0.1) is 6.10 Å². The first-order chi connectivity index (χ1) is 15.3. The Morgan fingerprint density at radius 3 is 2.61 bits per heavy atom. The first-order valence-corrected chi connectivity index (χ1v) is 13.4. The fourth-order valence-electron chi connectivity index (χ4n) is 8.78. The summed E-state index contributed by atoms with van der Waals surface area (Å²) in [4.78, 5) is 11.1. The number of hydrogen-bond acceptors (Lipinski definition) is 2. The topological polar surface area (TPSA) is 57.5 Å². The molecule has 4 aliphatic rings. The van der Waals surface area contributed by atoms with E-state index in [2.05, 4.69) is 47.6 Å². The molecule has 0 amide bonds. The van der Waals surface area contributed by atoms with Crippen LogP contribution in [0.15, 0.2) is 34.4 Å². The first kappa shape index (κ1) is 24.8. The molecule has 0 aliphatic heterocycles. The minimum absolute atomic E-state index is 0.0216. The molecule has 184 valence electrons. The van der Waals surface area contributed by atoms with Gasteiger partial charge < -0.3 is 10.2 Å². The SMILES string of the molecule is C/C(=C\CCC(C)C1=C2C(C)CC3C(=CCC4C(C)(C)C(O)CCC34C)C2(C)CC1)C(=O)O. The van der Waals surface area contributed by atoms with Crippen LogP contribution in [0.2, 0.25) is 0 Å². The highest BCUT2D eigenvalue weighted by molar-refractivity contribution is 5.85. The predicted molar refractivity (Wildman–Crippen MR) is 135 cm³/mol. The summed E-state index contributed by atoms with van der Waals surface area (Å²) in [6, 6.07) is 0. The van der Waals surface area contributed by atoms with Gasteiger partial charge in [0.1, 0.15) is 0 Å². The lowest BCUT2D eigenvalue weighted by atomic mass is 9.43. The molecular weight excluding hydrogens is 408 g/mol. The molecule has 2 N–H and O–H groups in total. The molecule has 0 aromatic heterocycles. The highest BCUT2D eigenvalue weighted by Crippen LogP contribution is 2.69. The second-order valence-corrected chi connectivity index (χ2v) is 13.0. The number of aliphatic carboxylic acids is 1. The van der Waals surface area contributed by atoms with Crippen molar-refractivity contribution >= 4 is 5.97 Å². The van der Waals surface area contributed by atoms with E-state index in [9.17, 15) is 9.90 Å². The van der Waals surface area contributed by atoms with Gasteiger partial charge in [-0.3, -0.25) is 0 Å². The number of aliphatic hydroxyl groups is 1. The van der Waals surface area contributed by atoms with Crippen molar-refractivity contribution in [1.82, 2.24) is 0 Å². The van der Waals surface area contributed by atoms with Crippen LogP contribution in [0.5, 0.6) is 0 Å². The first-order valence-electron chi connectivity index (χ1n) is 13.4. The Hall–Kier alpha value is -1.35. The van der Waals surface area contributed by atoms with Crippen molar-refractivity contribution in [3.8, 4) is 0 Å². The van der Waals surface area contributed by atoms with E-state index in [1.54, 1.807) is 23.6 Å². The van der Waals surface area contributed by atoms with Crippen molar-refractivity contribution < 1.29 is 15.0 Å². The average Bonchev–Trinajstić information content (AvgIpc) is 3.11. The maximum atomic E-state index is 11.1. The Morgan fingerprint density at radius 1 is 1.24 bits per heavy atom. The van der Waals surface area contributed by atoms with Gasteiger partial charge in [0.2, 0.25) is 0 Å². The van der Waals surface area contributed by atoms with Crippen molar-refractivity contribution in [3.05, 3.63) is 34.4 Å². The lowest BCUT2D eigenvalue weighted by Crippen LogP contribution is -2.56. The van der Waals surface area contributed by atoms with Gasteiger partial charge in [-0.1, -0.05) is 70.4 Å². The maximum absolute atomic E-state index is 11.1. The molecule has 4 rings (SSSR count). The molecule has 0 saturated heterocycles. The summed E-state index contributed by atoms with van der Waals surface area (Å²) >= 11 is 0. The average molecular weight is 455 g/mol. The van der Waals surface area contributed by atoms with Crippen molar-refractivity contribution in [3.63, 3.8) is 0 Å². The van der Waals surface area contributed by atoms with Crippen LogP contribution in [0.1, 0.15) is 99.8 Å². The number of rotatable bonds is 5. The Morgan fingerprint density at radius 2 is 1.94 bits per heavy atom. The minimum Gasteiger partial charge on any atom is -0.478 e. The van der Waals surface area contributed by atoms with Gasteiger partial charge in [-0.25, -0.2) is 4.79 Å². The molecule has 33 heavy (non-hydrogen) atoms. The summed E-state index contributed by atoms with van der Waals surface area (Å²) in [5, 5.41) is 19.9. The molecule has 7 atom stereocenters. The van der Waals surface area contributed by atoms with Gasteiger partial charge in [-0.2, -0.15) is 0 Å². The summed E-state index contributed by atoms with van der Waals surface area (Å²) in [5.74, 6) is 1.48. The van der Waals surface area contributed by atoms with E-state index in [1.807, 2.05) is 6.08 Å². The zero-order valence-electron chi connectivity index (χ0n) is 22.0. The van der Waals surface area contributed by atoms with Crippen LogP contribution in [0.25, 0.3) is 0 Å². The van der Waals surface area contributed by atoms with Crippen molar-refractivity contribution in [2.24, 2.45) is 39.9 Å². The minimum atomic E-state index is -0.806. The highest BCUT2D eigenvalue weighted by Gasteiger charge is 2.60. The van der Waals surface area contributed by atoms with Crippen molar-refractivity contribution in [1.29, 1.82) is 0 Å². The van der Waals surface area contributed by atoms with Crippen LogP contribution in [0.4, 0.5) is 0 Å². The van der Waals surface area contributed by atoms with E-state index in [0.29, 0.717) is 29.2 Å². The second kappa shape index (κ2) is 8.40. The predicted octanol–water partition coefficient (Wildman–Crippen LogP) is 7.32.